The van der Waals surface area contributed by atoms with E-state index in [1.165, 1.54) is 0 Å². The summed E-state index contributed by atoms with van der Waals surface area (Å²) < 4.78 is 68.4. The summed E-state index contributed by atoms with van der Waals surface area (Å²) in [4.78, 5) is 14.6. The van der Waals surface area contributed by atoms with E-state index in [4.69, 9.17) is 5.73 Å². The Kier molecular flexibility index (Phi) is 4.40. The maximum Gasteiger partial charge on any atom is 0.417 e. The van der Waals surface area contributed by atoms with Gasteiger partial charge >= 0.3 is 12.1 Å². The fraction of sp³-hybridized carbons (Fsp3) is 0.400. The maximum absolute atomic E-state index is 12.9. The van der Waals surface area contributed by atoms with Gasteiger partial charge in [0, 0.05) is 12.7 Å². The van der Waals surface area contributed by atoms with Crippen LogP contribution in [0.3, 0.4) is 0 Å². The summed E-state index contributed by atoms with van der Waals surface area (Å²) in [5, 5.41) is 0. The van der Waals surface area contributed by atoms with Crippen molar-refractivity contribution in [3.63, 3.8) is 0 Å². The number of ether oxygens (including phenoxy) is 1. The van der Waals surface area contributed by atoms with E-state index >= 15 is 0 Å². The fourth-order valence-electron chi connectivity index (χ4n) is 1.53. The Hall–Kier alpha value is -1.77. The second-order valence-corrected chi connectivity index (χ2v) is 3.40. The SMILES string of the molecule is COC(=O)c1cnc(CN)c(C(F)F)c1C(F)(F)F. The number of hydrogen-bond acceptors (Lipinski definition) is 4. The first-order chi connectivity index (χ1) is 8.73. The number of halogens is 5. The average Bonchev–Trinajstić information content (AvgIpc) is 2.34. The number of nitrogens with two attached hydrogens (primary N) is 1. The van der Waals surface area contributed by atoms with Gasteiger partial charge in [-0.25, -0.2) is 13.6 Å². The maximum atomic E-state index is 12.9. The van der Waals surface area contributed by atoms with Gasteiger partial charge in [-0.05, 0) is 0 Å². The van der Waals surface area contributed by atoms with Crippen molar-refractivity contribution in [3.05, 3.63) is 28.6 Å². The lowest BCUT2D eigenvalue weighted by Crippen LogP contribution is -2.21. The Balaban J connectivity index is 3.69. The fourth-order valence-corrected chi connectivity index (χ4v) is 1.53. The molecule has 2 N–H and O–H groups in total. The highest BCUT2D eigenvalue weighted by Crippen LogP contribution is 2.39. The van der Waals surface area contributed by atoms with Crippen molar-refractivity contribution in [2.75, 3.05) is 7.11 Å². The van der Waals surface area contributed by atoms with E-state index in [2.05, 4.69) is 9.72 Å². The number of methoxy groups -OCH3 is 1. The zero-order valence-electron chi connectivity index (χ0n) is 9.59. The normalized spacial score (nSPS) is 11.8. The van der Waals surface area contributed by atoms with Crippen molar-refractivity contribution in [1.82, 2.24) is 4.98 Å². The van der Waals surface area contributed by atoms with Crippen molar-refractivity contribution >= 4 is 5.97 Å². The van der Waals surface area contributed by atoms with E-state index in [0.29, 0.717) is 6.20 Å². The van der Waals surface area contributed by atoms with Crippen molar-refractivity contribution in [2.24, 2.45) is 5.73 Å². The first-order valence-corrected chi connectivity index (χ1v) is 4.89. The van der Waals surface area contributed by atoms with Gasteiger partial charge in [0.2, 0.25) is 0 Å². The summed E-state index contributed by atoms with van der Waals surface area (Å²) in [6.45, 7) is -0.607. The molecule has 0 amide bonds. The molecule has 0 aliphatic rings. The molecule has 0 saturated carbocycles. The van der Waals surface area contributed by atoms with Crippen LogP contribution in [0.1, 0.15) is 33.6 Å². The van der Waals surface area contributed by atoms with Crippen LogP contribution in [-0.2, 0) is 17.5 Å². The molecule has 1 aromatic rings. The minimum Gasteiger partial charge on any atom is -0.465 e. The van der Waals surface area contributed by atoms with Crippen LogP contribution in [-0.4, -0.2) is 18.1 Å². The van der Waals surface area contributed by atoms with E-state index in [-0.39, 0.29) is 0 Å². The third-order valence-electron chi connectivity index (χ3n) is 2.30. The van der Waals surface area contributed by atoms with Gasteiger partial charge in [0.05, 0.1) is 29.5 Å². The van der Waals surface area contributed by atoms with E-state index < -0.39 is 47.5 Å². The van der Waals surface area contributed by atoms with Crippen LogP contribution >= 0.6 is 0 Å². The summed E-state index contributed by atoms with van der Waals surface area (Å²) >= 11 is 0. The van der Waals surface area contributed by atoms with Crippen LogP contribution in [0.4, 0.5) is 22.0 Å². The van der Waals surface area contributed by atoms with Gasteiger partial charge in [-0.2, -0.15) is 13.2 Å². The largest absolute Gasteiger partial charge is 0.465 e. The second kappa shape index (κ2) is 5.47. The molecule has 0 atom stereocenters. The first-order valence-electron chi connectivity index (χ1n) is 4.89. The highest BCUT2D eigenvalue weighted by molar-refractivity contribution is 5.91. The standard InChI is InChI=1S/C10H9F5N2O2/c1-19-9(18)4-3-17-5(2-16)6(8(11)12)7(4)10(13,14)15/h3,8H,2,16H2,1H3. The Bertz CT molecular complexity index is 488. The smallest absolute Gasteiger partial charge is 0.417 e. The highest BCUT2D eigenvalue weighted by Gasteiger charge is 2.42. The number of carbonyl (C=O) groups excluding carboxylic acids is 1. The second-order valence-electron chi connectivity index (χ2n) is 3.40. The molecule has 1 heterocycles. The molecule has 0 unspecified atom stereocenters. The molecule has 106 valence electrons. The van der Waals surface area contributed by atoms with Crippen molar-refractivity contribution in [2.45, 2.75) is 19.1 Å². The lowest BCUT2D eigenvalue weighted by atomic mass is 10.0. The van der Waals surface area contributed by atoms with Gasteiger partial charge in [0.25, 0.3) is 6.43 Å². The minimum atomic E-state index is -5.15. The number of rotatable bonds is 3. The highest BCUT2D eigenvalue weighted by atomic mass is 19.4. The zero-order valence-corrected chi connectivity index (χ0v) is 9.59. The number of hydrogen-bond donors (Lipinski definition) is 1. The number of aromatic nitrogens is 1. The van der Waals surface area contributed by atoms with Gasteiger partial charge in [0.1, 0.15) is 0 Å². The van der Waals surface area contributed by atoms with Crippen LogP contribution in [0, 0.1) is 0 Å². The third kappa shape index (κ3) is 2.98. The van der Waals surface area contributed by atoms with Crippen molar-refractivity contribution in [1.29, 1.82) is 0 Å². The van der Waals surface area contributed by atoms with Crippen molar-refractivity contribution < 1.29 is 31.5 Å². The molecular formula is C10H9F5N2O2. The first kappa shape index (κ1) is 15.3. The summed E-state index contributed by atoms with van der Waals surface area (Å²) in [6, 6.07) is 0. The molecule has 1 rings (SSSR count). The molecule has 9 heteroatoms. The number of esters is 1. The van der Waals surface area contributed by atoms with Gasteiger partial charge in [-0.3, -0.25) is 4.98 Å². The molecule has 0 spiro atoms. The molecule has 0 aliphatic heterocycles. The Labute approximate surface area is 104 Å². The molecule has 19 heavy (non-hydrogen) atoms. The number of alkyl halides is 5. The van der Waals surface area contributed by atoms with E-state index in [0.717, 1.165) is 7.11 Å². The van der Waals surface area contributed by atoms with Gasteiger partial charge in [-0.15, -0.1) is 0 Å². The van der Waals surface area contributed by atoms with Crippen LogP contribution < -0.4 is 5.73 Å². The molecule has 0 aliphatic carbocycles. The third-order valence-corrected chi connectivity index (χ3v) is 2.30. The van der Waals surface area contributed by atoms with Gasteiger partial charge in [-0.1, -0.05) is 0 Å². The monoisotopic (exact) mass is 284 g/mol. The summed E-state index contributed by atoms with van der Waals surface area (Å²) in [5.41, 5.74) is 0.247. The lowest BCUT2D eigenvalue weighted by molar-refractivity contribution is -0.140. The number of carbonyl (C=O) groups is 1. The molecule has 1 aromatic heterocycles. The number of nitrogens with zero attached hydrogens (tertiary/aromatic N) is 1. The van der Waals surface area contributed by atoms with Crippen LogP contribution in [0.2, 0.25) is 0 Å². The average molecular weight is 284 g/mol. The van der Waals surface area contributed by atoms with E-state index in [1.807, 2.05) is 0 Å². The lowest BCUT2D eigenvalue weighted by Gasteiger charge is -2.17. The van der Waals surface area contributed by atoms with Crippen molar-refractivity contribution in [3.8, 4) is 0 Å². The minimum absolute atomic E-state index is 0.530. The van der Waals surface area contributed by atoms with Crippen LogP contribution in [0.15, 0.2) is 6.20 Å². The molecule has 0 saturated heterocycles. The molecule has 0 fully saturated rings. The van der Waals surface area contributed by atoms with Crippen LogP contribution in [0.5, 0.6) is 0 Å². The van der Waals surface area contributed by atoms with Gasteiger partial charge in [0.15, 0.2) is 0 Å². The van der Waals surface area contributed by atoms with E-state index in [1.54, 1.807) is 0 Å². The number of pyridine rings is 1. The predicted octanol–water partition coefficient (Wildman–Crippen LogP) is 2.28. The summed E-state index contributed by atoms with van der Waals surface area (Å²) in [6.07, 6.45) is -8.09. The Morgan fingerprint density at radius 3 is 2.42 bits per heavy atom. The predicted molar refractivity (Wildman–Crippen MR) is 53.4 cm³/mol. The molecule has 4 nitrogen and oxygen atoms in total. The quantitative estimate of drug-likeness (QED) is 0.683. The van der Waals surface area contributed by atoms with E-state index in [9.17, 15) is 26.7 Å². The van der Waals surface area contributed by atoms with Crippen LogP contribution in [0.25, 0.3) is 0 Å². The topological polar surface area (TPSA) is 65.2 Å². The molecular weight excluding hydrogens is 275 g/mol. The Morgan fingerprint density at radius 1 is 1.47 bits per heavy atom. The zero-order chi connectivity index (χ0) is 14.8. The molecule has 0 radical (unpaired) electrons. The molecule has 0 aromatic carbocycles. The Morgan fingerprint density at radius 2 is 2.05 bits per heavy atom. The molecule has 0 bridgehead atoms. The summed E-state index contributed by atoms with van der Waals surface area (Å²) in [5.74, 6) is -1.40. The van der Waals surface area contributed by atoms with Gasteiger partial charge < -0.3 is 10.5 Å². The summed E-state index contributed by atoms with van der Waals surface area (Å²) in [7, 11) is 0.835.